The molecule has 0 fully saturated rings. The van der Waals surface area contributed by atoms with Crippen LogP contribution in [0, 0.1) is 6.92 Å². The van der Waals surface area contributed by atoms with Gasteiger partial charge in [0.15, 0.2) is 0 Å². The van der Waals surface area contributed by atoms with Gasteiger partial charge in [-0.25, -0.2) is 12.7 Å². The fourth-order valence-electron chi connectivity index (χ4n) is 1.83. The van der Waals surface area contributed by atoms with Crippen LogP contribution in [-0.2, 0) is 10.0 Å². The van der Waals surface area contributed by atoms with Crippen LogP contribution in [0.5, 0.6) is 17.2 Å². The molecule has 0 radical (unpaired) electrons. The third kappa shape index (κ3) is 3.19. The molecular weight excluding hydrogens is 326 g/mol. The van der Waals surface area contributed by atoms with Gasteiger partial charge >= 0.3 is 0 Å². The lowest BCUT2D eigenvalue weighted by Crippen LogP contribution is -2.22. The Balaban J connectivity index is 2.47. The van der Waals surface area contributed by atoms with E-state index in [1.54, 1.807) is 12.1 Å². The summed E-state index contributed by atoms with van der Waals surface area (Å²) in [5.74, 6) is 0.384. The summed E-state index contributed by atoms with van der Waals surface area (Å²) in [4.78, 5) is -0.222. The number of hydrogen-bond donors (Lipinski definition) is 1. The summed E-state index contributed by atoms with van der Waals surface area (Å²) in [5, 5.41) is 10.2. The molecule has 0 saturated heterocycles. The lowest BCUT2D eigenvalue weighted by molar-refractivity contribution is 0.442. The number of ether oxygens (including phenoxy) is 1. The van der Waals surface area contributed by atoms with E-state index in [-0.39, 0.29) is 16.4 Å². The van der Waals surface area contributed by atoms with E-state index in [0.717, 1.165) is 9.87 Å². The molecule has 0 heterocycles. The van der Waals surface area contributed by atoms with Crippen LogP contribution < -0.4 is 4.74 Å². The van der Waals surface area contributed by atoms with Crippen molar-refractivity contribution >= 4 is 21.6 Å². The molecule has 0 aromatic heterocycles. The van der Waals surface area contributed by atoms with Gasteiger partial charge in [-0.15, -0.1) is 0 Å². The van der Waals surface area contributed by atoms with Gasteiger partial charge in [0.1, 0.15) is 22.1 Å². The molecule has 0 spiro atoms. The maximum atomic E-state index is 12.2. The molecule has 0 aliphatic heterocycles. The Morgan fingerprint density at radius 2 is 1.86 bits per heavy atom. The summed E-state index contributed by atoms with van der Waals surface area (Å²) >= 11 is 6.09. The minimum Gasteiger partial charge on any atom is -0.507 e. The van der Waals surface area contributed by atoms with Crippen LogP contribution in [-0.4, -0.2) is 31.9 Å². The third-order valence-corrected chi connectivity index (χ3v) is 5.22. The number of hydrogen-bond acceptors (Lipinski definition) is 4. The average Bonchev–Trinajstić information content (AvgIpc) is 2.44. The quantitative estimate of drug-likeness (QED) is 0.925. The monoisotopic (exact) mass is 341 g/mol. The summed E-state index contributed by atoms with van der Waals surface area (Å²) in [6, 6.07) is 9.34. The van der Waals surface area contributed by atoms with Crippen LogP contribution in [0.25, 0.3) is 0 Å². The van der Waals surface area contributed by atoms with Crippen LogP contribution in [0.1, 0.15) is 5.56 Å². The summed E-state index contributed by atoms with van der Waals surface area (Å²) in [6.07, 6.45) is 0. The first-order valence-corrected chi connectivity index (χ1v) is 8.24. The van der Waals surface area contributed by atoms with E-state index >= 15 is 0 Å². The number of phenols is 1. The molecule has 0 aliphatic carbocycles. The van der Waals surface area contributed by atoms with Crippen molar-refractivity contribution in [3.8, 4) is 17.2 Å². The first kappa shape index (κ1) is 16.6. The highest BCUT2D eigenvalue weighted by atomic mass is 35.5. The molecule has 0 bridgehead atoms. The maximum absolute atomic E-state index is 12.2. The number of phenolic OH excluding ortho intramolecular Hbond substituents is 1. The molecule has 2 rings (SSSR count). The molecule has 0 unspecified atom stereocenters. The molecule has 2 aromatic carbocycles. The van der Waals surface area contributed by atoms with Gasteiger partial charge in [-0.2, -0.15) is 0 Å². The number of benzene rings is 2. The van der Waals surface area contributed by atoms with E-state index in [1.807, 2.05) is 13.0 Å². The van der Waals surface area contributed by atoms with E-state index < -0.39 is 10.0 Å². The van der Waals surface area contributed by atoms with Gasteiger partial charge in [0, 0.05) is 20.2 Å². The second-order valence-electron chi connectivity index (χ2n) is 4.90. The highest BCUT2D eigenvalue weighted by molar-refractivity contribution is 7.89. The van der Waals surface area contributed by atoms with E-state index in [0.29, 0.717) is 10.8 Å². The zero-order valence-corrected chi connectivity index (χ0v) is 13.9. The van der Waals surface area contributed by atoms with Gasteiger partial charge < -0.3 is 9.84 Å². The molecule has 7 heteroatoms. The second kappa shape index (κ2) is 6.16. The van der Waals surface area contributed by atoms with Crippen LogP contribution in [0.4, 0.5) is 0 Å². The molecule has 0 amide bonds. The fourth-order valence-corrected chi connectivity index (χ4v) is 3.08. The number of aromatic hydroxyl groups is 1. The number of halogens is 1. The van der Waals surface area contributed by atoms with Crippen molar-refractivity contribution in [2.45, 2.75) is 11.8 Å². The zero-order valence-electron chi connectivity index (χ0n) is 12.4. The largest absolute Gasteiger partial charge is 0.507 e. The maximum Gasteiger partial charge on any atom is 0.246 e. The molecule has 22 heavy (non-hydrogen) atoms. The summed E-state index contributed by atoms with van der Waals surface area (Å²) < 4.78 is 31.1. The van der Waals surface area contributed by atoms with Crippen molar-refractivity contribution in [3.05, 3.63) is 47.0 Å². The summed E-state index contributed by atoms with van der Waals surface area (Å²) in [6.45, 7) is 1.83. The van der Waals surface area contributed by atoms with Crippen LogP contribution in [0.15, 0.2) is 41.3 Å². The Morgan fingerprint density at radius 3 is 2.45 bits per heavy atom. The first-order chi connectivity index (χ1) is 10.2. The standard InChI is InChI=1S/C15H16ClNO4S/c1-10-5-4-6-12(16)15(10)21-11-7-8-13(18)14(9-11)22(19,20)17(2)3/h4-9,18H,1-3H3. The number of sulfonamides is 1. The normalized spacial score (nSPS) is 11.7. The molecule has 5 nitrogen and oxygen atoms in total. The van der Waals surface area contributed by atoms with E-state index in [2.05, 4.69) is 0 Å². The van der Waals surface area contributed by atoms with Crippen LogP contribution in [0.2, 0.25) is 5.02 Å². The average molecular weight is 342 g/mol. The van der Waals surface area contributed by atoms with E-state index in [1.165, 1.54) is 32.3 Å². The predicted molar refractivity (Wildman–Crippen MR) is 85.2 cm³/mol. The molecule has 118 valence electrons. The smallest absolute Gasteiger partial charge is 0.246 e. The summed E-state index contributed by atoms with van der Waals surface area (Å²) in [5.41, 5.74) is 0.817. The van der Waals surface area contributed by atoms with Crippen LogP contribution >= 0.6 is 11.6 Å². The van der Waals surface area contributed by atoms with Gasteiger partial charge in [0.05, 0.1) is 5.02 Å². The lowest BCUT2D eigenvalue weighted by Gasteiger charge is -2.15. The Labute approximate surface area is 134 Å². The Hall–Kier alpha value is -1.76. The predicted octanol–water partition coefficient (Wildman–Crippen LogP) is 3.40. The van der Waals surface area contributed by atoms with Crippen LogP contribution in [0.3, 0.4) is 0 Å². The minimum atomic E-state index is -3.77. The Kier molecular flexibility index (Phi) is 4.65. The van der Waals surface area contributed by atoms with Gasteiger partial charge in [-0.1, -0.05) is 23.7 Å². The van der Waals surface area contributed by atoms with Crippen molar-refractivity contribution < 1.29 is 18.3 Å². The summed E-state index contributed by atoms with van der Waals surface area (Å²) in [7, 11) is -0.993. The number of nitrogens with zero attached hydrogens (tertiary/aromatic N) is 1. The van der Waals surface area contributed by atoms with Gasteiger partial charge in [-0.3, -0.25) is 0 Å². The Morgan fingerprint density at radius 1 is 1.18 bits per heavy atom. The van der Waals surface area contributed by atoms with Crippen molar-refractivity contribution in [3.63, 3.8) is 0 Å². The number of para-hydroxylation sites is 1. The van der Waals surface area contributed by atoms with Crippen molar-refractivity contribution in [2.75, 3.05) is 14.1 Å². The van der Waals surface area contributed by atoms with Crippen molar-refractivity contribution in [2.24, 2.45) is 0 Å². The fraction of sp³-hybridized carbons (Fsp3) is 0.200. The molecule has 1 N–H and O–H groups in total. The van der Waals surface area contributed by atoms with Gasteiger partial charge in [0.2, 0.25) is 10.0 Å². The topological polar surface area (TPSA) is 66.8 Å². The highest BCUT2D eigenvalue weighted by Crippen LogP contribution is 2.35. The molecular formula is C15H16ClNO4S. The van der Waals surface area contributed by atoms with Gasteiger partial charge in [0.25, 0.3) is 0 Å². The van der Waals surface area contributed by atoms with Crippen molar-refractivity contribution in [1.82, 2.24) is 4.31 Å². The number of aryl methyl sites for hydroxylation is 1. The molecule has 2 aromatic rings. The molecule has 0 atom stereocenters. The highest BCUT2D eigenvalue weighted by Gasteiger charge is 2.22. The molecule has 0 aliphatic rings. The third-order valence-electron chi connectivity index (χ3n) is 3.07. The first-order valence-electron chi connectivity index (χ1n) is 6.42. The second-order valence-corrected chi connectivity index (χ2v) is 7.43. The lowest BCUT2D eigenvalue weighted by atomic mass is 10.2. The minimum absolute atomic E-state index is 0.222. The zero-order chi connectivity index (χ0) is 16.5. The number of rotatable bonds is 4. The van der Waals surface area contributed by atoms with E-state index in [4.69, 9.17) is 16.3 Å². The SMILES string of the molecule is Cc1cccc(Cl)c1Oc1ccc(O)c(S(=O)(=O)N(C)C)c1. The molecule has 0 saturated carbocycles. The van der Waals surface area contributed by atoms with E-state index in [9.17, 15) is 13.5 Å². The Bertz CT molecular complexity index is 783. The van der Waals surface area contributed by atoms with Crippen molar-refractivity contribution in [1.29, 1.82) is 0 Å². The van der Waals surface area contributed by atoms with Gasteiger partial charge in [-0.05, 0) is 30.7 Å².